The molecule has 3 rings (SSSR count). The number of methoxy groups -OCH3 is 1. The van der Waals surface area contributed by atoms with Crippen LogP contribution >= 0.6 is 23.2 Å². The van der Waals surface area contributed by atoms with Gasteiger partial charge in [0.25, 0.3) is 10.0 Å². The molecule has 0 spiro atoms. The van der Waals surface area contributed by atoms with Crippen LogP contribution < -0.4 is 14.4 Å². The van der Waals surface area contributed by atoms with Crippen LogP contribution in [0.1, 0.15) is 44.7 Å². The van der Waals surface area contributed by atoms with Crippen molar-refractivity contribution < 1.29 is 22.7 Å². The zero-order chi connectivity index (χ0) is 31.0. The summed E-state index contributed by atoms with van der Waals surface area (Å²) >= 11 is 12.7. The number of hydrogen-bond acceptors (Lipinski definition) is 5. The van der Waals surface area contributed by atoms with Crippen LogP contribution in [0.4, 0.5) is 5.69 Å². The third-order valence-electron chi connectivity index (χ3n) is 6.96. The van der Waals surface area contributed by atoms with Gasteiger partial charge in [0, 0.05) is 17.6 Å². The highest BCUT2D eigenvalue weighted by molar-refractivity contribution is 7.92. The molecule has 3 aromatic rings. The van der Waals surface area contributed by atoms with E-state index < -0.39 is 28.5 Å². The van der Waals surface area contributed by atoms with E-state index in [-0.39, 0.29) is 39.1 Å². The molecule has 42 heavy (non-hydrogen) atoms. The molecule has 0 aliphatic carbocycles. The van der Waals surface area contributed by atoms with Crippen LogP contribution in [0, 0.1) is 6.92 Å². The summed E-state index contributed by atoms with van der Waals surface area (Å²) in [7, 11) is -2.71. The number of nitrogens with one attached hydrogen (secondary N) is 1. The lowest BCUT2D eigenvalue weighted by Crippen LogP contribution is -2.53. The van der Waals surface area contributed by atoms with Gasteiger partial charge in [-0.05, 0) is 74.7 Å². The molecule has 1 N–H and O–H groups in total. The van der Waals surface area contributed by atoms with Crippen molar-refractivity contribution in [2.75, 3.05) is 18.0 Å². The Labute approximate surface area is 258 Å². The van der Waals surface area contributed by atoms with E-state index in [1.807, 2.05) is 27.7 Å². The Morgan fingerprint density at radius 3 is 2.17 bits per heavy atom. The van der Waals surface area contributed by atoms with Crippen molar-refractivity contribution in [3.63, 3.8) is 0 Å². The van der Waals surface area contributed by atoms with Crippen molar-refractivity contribution in [2.45, 2.75) is 64.1 Å². The monoisotopic (exact) mass is 633 g/mol. The van der Waals surface area contributed by atoms with Crippen molar-refractivity contribution >= 4 is 50.7 Å². The lowest BCUT2D eigenvalue weighted by atomic mass is 10.1. The zero-order valence-corrected chi connectivity index (χ0v) is 26.8. The molecule has 0 heterocycles. The van der Waals surface area contributed by atoms with Crippen LogP contribution in [-0.4, -0.2) is 50.9 Å². The Balaban J connectivity index is 2.09. The number of amides is 2. The van der Waals surface area contributed by atoms with Crippen molar-refractivity contribution in [3.8, 4) is 5.75 Å². The fourth-order valence-electron chi connectivity index (χ4n) is 4.32. The predicted molar refractivity (Wildman–Crippen MR) is 168 cm³/mol. The summed E-state index contributed by atoms with van der Waals surface area (Å²) in [6.45, 7) is 6.95. The molecule has 11 heteroatoms. The Kier molecular flexibility index (Phi) is 11.7. The Bertz CT molecular complexity index is 1480. The van der Waals surface area contributed by atoms with E-state index >= 15 is 0 Å². The number of halogens is 2. The topological polar surface area (TPSA) is 96.0 Å². The molecule has 8 nitrogen and oxygen atoms in total. The quantitative estimate of drug-likeness (QED) is 0.241. The first-order chi connectivity index (χ1) is 19.9. The molecule has 2 atom stereocenters. The van der Waals surface area contributed by atoms with Crippen LogP contribution in [0.3, 0.4) is 0 Å². The van der Waals surface area contributed by atoms with Gasteiger partial charge < -0.3 is 15.0 Å². The van der Waals surface area contributed by atoms with Crippen molar-refractivity contribution in [1.82, 2.24) is 10.2 Å². The number of hydrogen-bond donors (Lipinski definition) is 1. The second-order valence-corrected chi connectivity index (χ2v) is 12.7. The normalized spacial score (nSPS) is 12.7. The number of anilines is 1. The summed E-state index contributed by atoms with van der Waals surface area (Å²) in [5.74, 6) is -0.254. The summed E-state index contributed by atoms with van der Waals surface area (Å²) in [6.07, 6.45) is 1.03. The molecule has 0 radical (unpaired) electrons. The maximum absolute atomic E-state index is 14.2. The van der Waals surface area contributed by atoms with E-state index in [0.29, 0.717) is 18.6 Å². The van der Waals surface area contributed by atoms with E-state index in [2.05, 4.69) is 5.32 Å². The first-order valence-electron chi connectivity index (χ1n) is 13.7. The number of benzene rings is 3. The Hall–Kier alpha value is -3.27. The minimum absolute atomic E-state index is 0.0137. The zero-order valence-electron chi connectivity index (χ0n) is 24.4. The summed E-state index contributed by atoms with van der Waals surface area (Å²) in [5.41, 5.74) is 1.67. The number of carbonyl (C=O) groups is 2. The average molecular weight is 635 g/mol. The summed E-state index contributed by atoms with van der Waals surface area (Å²) in [6, 6.07) is 16.9. The van der Waals surface area contributed by atoms with Gasteiger partial charge in [-0.1, -0.05) is 66.9 Å². The fraction of sp³-hybridized carbons (Fsp3) is 0.355. The van der Waals surface area contributed by atoms with Gasteiger partial charge in [0.15, 0.2) is 0 Å². The second-order valence-electron chi connectivity index (χ2n) is 10.0. The number of carbonyl (C=O) groups excluding carboxylic acids is 2. The lowest BCUT2D eigenvalue weighted by molar-refractivity contribution is -0.140. The van der Waals surface area contributed by atoms with Gasteiger partial charge in [-0.15, -0.1) is 0 Å². The first kappa shape index (κ1) is 33.2. The smallest absolute Gasteiger partial charge is 0.264 e. The molecule has 0 saturated carbocycles. The highest BCUT2D eigenvalue weighted by Crippen LogP contribution is 2.33. The van der Waals surface area contributed by atoms with Crippen molar-refractivity contribution in [1.29, 1.82) is 0 Å². The molecule has 2 amide bonds. The van der Waals surface area contributed by atoms with Crippen molar-refractivity contribution in [3.05, 3.63) is 87.9 Å². The van der Waals surface area contributed by atoms with Crippen LogP contribution in [0.25, 0.3) is 0 Å². The van der Waals surface area contributed by atoms with Gasteiger partial charge in [0.1, 0.15) is 18.3 Å². The summed E-state index contributed by atoms with van der Waals surface area (Å²) in [5, 5.41) is 3.31. The standard InChI is InChI=1S/C31H37Cl2N3O5S/c1-6-22(4)34-31(38)28(7-2)35(19-23-10-13-25(41-5)14-11-23)30(37)20-36(29-18-24(32)12-17-27(29)33)42(39,40)26-15-8-21(3)9-16-26/h8-18,22,28H,6-7,19-20H2,1-5H3,(H,34,38)/t22-,28-/m0/s1. The van der Waals surface area contributed by atoms with Crippen molar-refractivity contribution in [2.24, 2.45) is 0 Å². The SMILES string of the molecule is CC[C@H](C)NC(=O)[C@H](CC)N(Cc1ccc(OC)cc1)C(=O)CN(c1cc(Cl)ccc1Cl)S(=O)(=O)c1ccc(C)cc1. The maximum atomic E-state index is 14.2. The van der Waals surface area contributed by atoms with Crippen LogP contribution in [0.5, 0.6) is 5.75 Å². The number of sulfonamides is 1. The first-order valence-corrected chi connectivity index (χ1v) is 15.9. The molecule has 0 aliphatic rings. The molecule has 0 aromatic heterocycles. The summed E-state index contributed by atoms with van der Waals surface area (Å²) < 4.78 is 34.2. The Morgan fingerprint density at radius 1 is 0.952 bits per heavy atom. The van der Waals surface area contributed by atoms with E-state index in [0.717, 1.165) is 15.4 Å². The van der Waals surface area contributed by atoms with Gasteiger partial charge >= 0.3 is 0 Å². The fourth-order valence-corrected chi connectivity index (χ4v) is 6.18. The van der Waals surface area contributed by atoms with E-state index in [4.69, 9.17) is 27.9 Å². The lowest BCUT2D eigenvalue weighted by Gasteiger charge is -2.34. The van der Waals surface area contributed by atoms with E-state index in [1.54, 1.807) is 43.5 Å². The molecule has 3 aromatic carbocycles. The summed E-state index contributed by atoms with van der Waals surface area (Å²) in [4.78, 5) is 29.0. The van der Waals surface area contributed by atoms with Gasteiger partial charge in [-0.3, -0.25) is 13.9 Å². The minimum Gasteiger partial charge on any atom is -0.497 e. The molecular weight excluding hydrogens is 597 g/mol. The van der Waals surface area contributed by atoms with E-state index in [9.17, 15) is 18.0 Å². The molecule has 0 aliphatic heterocycles. The highest BCUT2D eigenvalue weighted by atomic mass is 35.5. The minimum atomic E-state index is -4.27. The molecule has 226 valence electrons. The van der Waals surface area contributed by atoms with Gasteiger partial charge in [-0.25, -0.2) is 8.42 Å². The van der Waals surface area contributed by atoms with Crippen LogP contribution in [0.15, 0.2) is 71.6 Å². The molecule has 0 fully saturated rings. The number of nitrogens with zero attached hydrogens (tertiary/aromatic N) is 2. The largest absolute Gasteiger partial charge is 0.497 e. The third kappa shape index (κ3) is 8.18. The third-order valence-corrected chi connectivity index (χ3v) is 9.29. The number of aryl methyl sites for hydroxylation is 1. The second kappa shape index (κ2) is 14.8. The average Bonchev–Trinajstić information content (AvgIpc) is 2.97. The van der Waals surface area contributed by atoms with Gasteiger partial charge in [-0.2, -0.15) is 0 Å². The molecule has 0 bridgehead atoms. The molecule has 0 unspecified atom stereocenters. The van der Waals surface area contributed by atoms with Crippen LogP contribution in [-0.2, 0) is 26.2 Å². The number of ether oxygens (including phenoxy) is 1. The van der Waals surface area contributed by atoms with Crippen LogP contribution in [0.2, 0.25) is 10.0 Å². The predicted octanol–water partition coefficient (Wildman–Crippen LogP) is 6.23. The van der Waals surface area contributed by atoms with E-state index in [1.165, 1.54) is 35.2 Å². The molecule has 0 saturated heterocycles. The molecular formula is C31H37Cl2N3O5S. The Morgan fingerprint density at radius 2 is 1.60 bits per heavy atom. The van der Waals surface area contributed by atoms with Gasteiger partial charge in [0.05, 0.1) is 22.7 Å². The highest BCUT2D eigenvalue weighted by Gasteiger charge is 2.34. The maximum Gasteiger partial charge on any atom is 0.264 e. The van der Waals surface area contributed by atoms with Gasteiger partial charge in [0.2, 0.25) is 11.8 Å². The number of rotatable bonds is 13.